The van der Waals surface area contributed by atoms with E-state index in [1.807, 2.05) is 31.2 Å². The van der Waals surface area contributed by atoms with Crippen LogP contribution in [0.1, 0.15) is 38.8 Å². The van der Waals surface area contributed by atoms with Gasteiger partial charge in [-0.1, -0.05) is 41.4 Å². The van der Waals surface area contributed by atoms with Crippen LogP contribution in [0.4, 0.5) is 4.39 Å². The third-order valence-corrected chi connectivity index (χ3v) is 6.13. The van der Waals surface area contributed by atoms with Gasteiger partial charge >= 0.3 is 0 Å². The summed E-state index contributed by atoms with van der Waals surface area (Å²) >= 11 is 6.34. The van der Waals surface area contributed by atoms with E-state index in [9.17, 15) is 23.6 Å². The smallest absolute Gasteiger partial charge is 0.265 e. The molecular weight excluding hydrogens is 463 g/mol. The Morgan fingerprint density at radius 1 is 1.26 bits per heavy atom. The molecular formula is C24H22ClFN4O4. The van der Waals surface area contributed by atoms with Gasteiger partial charge in [0.2, 0.25) is 5.91 Å². The maximum absolute atomic E-state index is 13.9. The van der Waals surface area contributed by atoms with Gasteiger partial charge in [0.15, 0.2) is 6.29 Å². The Labute approximate surface area is 199 Å². The lowest BCUT2D eigenvalue weighted by Gasteiger charge is -2.42. The third kappa shape index (κ3) is 4.56. The lowest BCUT2D eigenvalue weighted by atomic mass is 9.99. The molecule has 2 amide bonds. The van der Waals surface area contributed by atoms with Crippen molar-refractivity contribution >= 4 is 40.7 Å². The minimum absolute atomic E-state index is 0.00840. The van der Waals surface area contributed by atoms with Crippen LogP contribution in [0.3, 0.4) is 0 Å². The molecule has 1 fully saturated rings. The topological polar surface area (TPSA) is 101 Å². The maximum atomic E-state index is 13.9. The molecule has 1 aliphatic heterocycles. The summed E-state index contributed by atoms with van der Waals surface area (Å²) < 4.78 is 14.9. The van der Waals surface area contributed by atoms with Crippen LogP contribution in [-0.2, 0) is 17.9 Å². The summed E-state index contributed by atoms with van der Waals surface area (Å²) in [6, 6.07) is 8.79. The standard InChI is InChI=1S/C24H22ClFN4O4/c1-14-3-5-15(6-4-14)8-28-22(33)18-7-17-20(25)16(11-31)9-27-21(17)30(23(18)34)10-19(32)29-12-24(2,26)13-29/h3-7,9,11H,8,10,12-13H2,1-2H3,(H,28,33). The van der Waals surface area contributed by atoms with Gasteiger partial charge in [-0.3, -0.25) is 23.7 Å². The highest BCUT2D eigenvalue weighted by Gasteiger charge is 2.41. The first-order valence-corrected chi connectivity index (χ1v) is 10.9. The number of likely N-dealkylation sites (tertiary alicyclic amines) is 1. The van der Waals surface area contributed by atoms with Crippen molar-refractivity contribution in [2.75, 3.05) is 13.1 Å². The van der Waals surface area contributed by atoms with Crippen molar-refractivity contribution in [1.29, 1.82) is 0 Å². The van der Waals surface area contributed by atoms with Gasteiger partial charge in [0, 0.05) is 18.1 Å². The van der Waals surface area contributed by atoms with Crippen LogP contribution in [0.15, 0.2) is 41.3 Å². The van der Waals surface area contributed by atoms with Crippen LogP contribution in [0.2, 0.25) is 5.02 Å². The monoisotopic (exact) mass is 484 g/mol. The molecule has 1 aliphatic rings. The quantitative estimate of drug-likeness (QED) is 0.542. The molecule has 10 heteroatoms. The van der Waals surface area contributed by atoms with Crippen LogP contribution in [0.5, 0.6) is 0 Å². The van der Waals surface area contributed by atoms with Crippen LogP contribution in [0, 0.1) is 6.92 Å². The van der Waals surface area contributed by atoms with Crippen molar-refractivity contribution in [2.24, 2.45) is 0 Å². The van der Waals surface area contributed by atoms with Gasteiger partial charge in [-0.25, -0.2) is 9.37 Å². The number of nitrogens with one attached hydrogen (secondary N) is 1. The van der Waals surface area contributed by atoms with E-state index in [0.29, 0.717) is 6.29 Å². The summed E-state index contributed by atoms with van der Waals surface area (Å²) in [5.74, 6) is -1.16. The van der Waals surface area contributed by atoms with Crippen molar-refractivity contribution in [3.63, 3.8) is 0 Å². The number of nitrogens with zero attached hydrogens (tertiary/aromatic N) is 3. The second-order valence-electron chi connectivity index (χ2n) is 8.66. The Hall–Kier alpha value is -3.59. The van der Waals surface area contributed by atoms with Crippen LogP contribution < -0.4 is 10.9 Å². The Kier molecular flexibility index (Phi) is 6.22. The molecule has 0 unspecified atom stereocenters. The summed E-state index contributed by atoms with van der Waals surface area (Å²) in [6.45, 7) is 2.89. The van der Waals surface area contributed by atoms with Gasteiger partial charge in [0.05, 0.1) is 23.7 Å². The molecule has 0 saturated carbocycles. The molecule has 3 aromatic rings. The van der Waals surface area contributed by atoms with Crippen molar-refractivity contribution in [3.05, 3.63) is 74.2 Å². The number of carbonyl (C=O) groups excluding carboxylic acids is 3. The average Bonchev–Trinajstić information content (AvgIpc) is 2.78. The predicted octanol–water partition coefficient (Wildman–Crippen LogP) is 2.67. The number of carbonyl (C=O) groups is 3. The first-order chi connectivity index (χ1) is 16.1. The summed E-state index contributed by atoms with van der Waals surface area (Å²) in [5, 5.41) is 2.88. The maximum Gasteiger partial charge on any atom is 0.265 e. The third-order valence-electron chi connectivity index (χ3n) is 5.71. The summed E-state index contributed by atoms with van der Waals surface area (Å²) in [7, 11) is 0. The zero-order valence-electron chi connectivity index (χ0n) is 18.6. The van der Waals surface area contributed by atoms with Crippen molar-refractivity contribution in [1.82, 2.24) is 19.8 Å². The molecule has 0 radical (unpaired) electrons. The lowest BCUT2D eigenvalue weighted by Crippen LogP contribution is -2.60. The molecule has 2 aromatic heterocycles. The number of aldehydes is 1. The highest BCUT2D eigenvalue weighted by atomic mass is 35.5. The molecule has 1 aromatic carbocycles. The molecule has 0 aliphatic carbocycles. The van der Waals surface area contributed by atoms with Crippen LogP contribution in [-0.4, -0.2) is 51.3 Å². The molecule has 8 nitrogen and oxygen atoms in total. The Morgan fingerprint density at radius 3 is 2.56 bits per heavy atom. The first kappa shape index (κ1) is 23.6. The molecule has 1 N–H and O–H groups in total. The van der Waals surface area contributed by atoms with Gasteiger partial charge in [-0.05, 0) is 25.5 Å². The van der Waals surface area contributed by atoms with Crippen molar-refractivity contribution in [3.8, 4) is 0 Å². The highest BCUT2D eigenvalue weighted by Crippen LogP contribution is 2.27. The largest absolute Gasteiger partial charge is 0.348 e. The molecule has 0 bridgehead atoms. The normalized spacial score (nSPS) is 14.5. The minimum Gasteiger partial charge on any atom is -0.348 e. The number of aryl methyl sites for hydroxylation is 1. The second kappa shape index (κ2) is 8.98. The molecule has 4 rings (SSSR count). The number of benzene rings is 1. The van der Waals surface area contributed by atoms with E-state index in [0.717, 1.165) is 15.7 Å². The van der Waals surface area contributed by atoms with Crippen molar-refractivity contribution in [2.45, 2.75) is 32.6 Å². The fourth-order valence-electron chi connectivity index (χ4n) is 3.84. The van der Waals surface area contributed by atoms with Gasteiger partial charge < -0.3 is 10.2 Å². The van der Waals surface area contributed by atoms with Gasteiger partial charge in [0.1, 0.15) is 23.4 Å². The summed E-state index contributed by atoms with van der Waals surface area (Å²) in [4.78, 5) is 55.6. The van der Waals surface area contributed by atoms with Crippen LogP contribution in [0.25, 0.3) is 11.0 Å². The van der Waals surface area contributed by atoms with E-state index in [1.165, 1.54) is 24.1 Å². The number of alkyl halides is 1. The molecule has 0 atom stereocenters. The van der Waals surface area contributed by atoms with E-state index in [1.54, 1.807) is 0 Å². The summed E-state index contributed by atoms with van der Waals surface area (Å²) in [5.41, 5.74) is -0.432. The number of hydrogen-bond donors (Lipinski definition) is 1. The molecule has 1 saturated heterocycles. The Bertz CT molecular complexity index is 1360. The number of pyridine rings is 2. The fraction of sp³-hybridized carbons (Fsp3) is 0.292. The van der Waals surface area contributed by atoms with Gasteiger partial charge in [-0.2, -0.15) is 0 Å². The van der Waals surface area contributed by atoms with E-state index >= 15 is 0 Å². The van der Waals surface area contributed by atoms with Crippen molar-refractivity contribution < 1.29 is 18.8 Å². The number of fused-ring (bicyclic) bond motifs is 1. The SMILES string of the molecule is Cc1ccc(CNC(=O)c2cc3c(Cl)c(C=O)cnc3n(CC(=O)N3CC(C)(F)C3)c2=O)cc1. The lowest BCUT2D eigenvalue weighted by molar-refractivity contribution is -0.144. The Balaban J connectivity index is 1.71. The summed E-state index contributed by atoms with van der Waals surface area (Å²) in [6.07, 6.45) is 1.70. The zero-order valence-corrected chi connectivity index (χ0v) is 19.4. The molecule has 34 heavy (non-hydrogen) atoms. The predicted molar refractivity (Wildman–Crippen MR) is 125 cm³/mol. The molecule has 176 valence electrons. The minimum atomic E-state index is -1.47. The first-order valence-electron chi connectivity index (χ1n) is 10.6. The van der Waals surface area contributed by atoms with E-state index in [4.69, 9.17) is 11.6 Å². The number of halogens is 2. The number of aromatic nitrogens is 2. The molecule has 0 spiro atoms. The Morgan fingerprint density at radius 2 is 1.94 bits per heavy atom. The van der Waals surface area contributed by atoms with Crippen LogP contribution >= 0.6 is 11.6 Å². The zero-order chi connectivity index (χ0) is 24.6. The van der Waals surface area contributed by atoms with Gasteiger partial charge in [0.25, 0.3) is 11.5 Å². The van der Waals surface area contributed by atoms with E-state index < -0.39 is 29.6 Å². The number of amides is 2. The number of rotatable bonds is 6. The van der Waals surface area contributed by atoms with Gasteiger partial charge in [-0.15, -0.1) is 0 Å². The number of hydrogen-bond acceptors (Lipinski definition) is 5. The average molecular weight is 485 g/mol. The van der Waals surface area contributed by atoms with E-state index in [-0.39, 0.29) is 46.8 Å². The van der Waals surface area contributed by atoms with E-state index in [2.05, 4.69) is 10.3 Å². The fourth-order valence-corrected chi connectivity index (χ4v) is 4.07. The molecule has 3 heterocycles. The highest BCUT2D eigenvalue weighted by molar-refractivity contribution is 6.37. The second-order valence-corrected chi connectivity index (χ2v) is 9.04.